The molecule has 0 aromatic rings. The van der Waals surface area contributed by atoms with Crippen LogP contribution in [0.5, 0.6) is 0 Å². The van der Waals surface area contributed by atoms with Crippen molar-refractivity contribution < 1.29 is 18.0 Å². The predicted molar refractivity (Wildman–Crippen MR) is 47.8 cm³/mol. The first-order valence-corrected chi connectivity index (χ1v) is 4.88. The summed E-state index contributed by atoms with van der Waals surface area (Å²) in [6.45, 7) is 0. The molecule has 1 aliphatic heterocycles. The van der Waals surface area contributed by atoms with Crippen molar-refractivity contribution in [2.24, 2.45) is 5.92 Å². The third-order valence-corrected chi connectivity index (χ3v) is 2.84. The van der Waals surface area contributed by atoms with Gasteiger partial charge in [-0.1, -0.05) is 12.2 Å². The zero-order chi connectivity index (χ0) is 10.3. The summed E-state index contributed by atoms with van der Waals surface area (Å²) in [4.78, 5) is 22.3. The maximum atomic E-state index is 11.2. The minimum absolute atomic E-state index is 0.0640. The average molecular weight is 211 g/mol. The summed E-state index contributed by atoms with van der Waals surface area (Å²) in [5, 5.41) is 2.06. The van der Waals surface area contributed by atoms with Crippen LogP contribution >= 0.6 is 0 Å². The van der Waals surface area contributed by atoms with Crippen LogP contribution in [0.3, 0.4) is 0 Å². The molecule has 72 valence electrons. The molecule has 1 aliphatic carbocycles. The molecule has 2 aliphatic rings. The van der Waals surface area contributed by atoms with Crippen molar-refractivity contribution in [2.75, 3.05) is 0 Å². The van der Waals surface area contributed by atoms with Crippen molar-refractivity contribution in [2.45, 2.75) is 0 Å². The van der Waals surface area contributed by atoms with Crippen LogP contribution < -0.4 is 5.32 Å². The molecule has 6 heteroatoms. The standard InChI is InChI=1S/C8H5NO4S/c10-7-4-2-1-3-5(14(12)13)6(4)8(11)9-7/h1-3,6H,(H,9,10,11)/t6-/m1/s1. The van der Waals surface area contributed by atoms with Gasteiger partial charge >= 0.3 is 0 Å². The van der Waals surface area contributed by atoms with E-state index in [0.717, 1.165) is 0 Å². The van der Waals surface area contributed by atoms with Gasteiger partial charge < -0.3 is 0 Å². The highest BCUT2D eigenvalue weighted by Gasteiger charge is 2.40. The molecule has 0 aromatic carbocycles. The molecule has 0 aromatic heterocycles. The summed E-state index contributed by atoms with van der Waals surface area (Å²) in [6.07, 6.45) is 4.20. The Balaban J connectivity index is 2.65. The first-order valence-electron chi connectivity index (χ1n) is 3.81. The van der Waals surface area contributed by atoms with Gasteiger partial charge in [-0.25, -0.2) is 0 Å². The Bertz CT molecular complexity index is 516. The van der Waals surface area contributed by atoms with Crippen LogP contribution in [0, 0.1) is 5.92 Å². The van der Waals surface area contributed by atoms with E-state index >= 15 is 0 Å². The Morgan fingerprint density at radius 2 is 2.00 bits per heavy atom. The van der Waals surface area contributed by atoms with Crippen LogP contribution in [-0.2, 0) is 19.9 Å². The van der Waals surface area contributed by atoms with Crippen molar-refractivity contribution >= 4 is 27.0 Å². The molecule has 0 unspecified atom stereocenters. The molecule has 1 heterocycles. The van der Waals surface area contributed by atoms with Crippen LogP contribution in [0.2, 0.25) is 0 Å². The van der Waals surface area contributed by atoms with Crippen molar-refractivity contribution in [3.63, 3.8) is 0 Å². The number of hydrogen-bond donors (Lipinski definition) is 1. The average Bonchev–Trinajstić information content (AvgIpc) is 2.43. The summed E-state index contributed by atoms with van der Waals surface area (Å²) < 4.78 is 21.5. The molecule has 0 radical (unpaired) electrons. The lowest BCUT2D eigenvalue weighted by Crippen LogP contribution is -2.26. The van der Waals surface area contributed by atoms with Crippen molar-refractivity contribution in [1.82, 2.24) is 5.32 Å². The van der Waals surface area contributed by atoms with E-state index in [1.165, 1.54) is 18.2 Å². The van der Waals surface area contributed by atoms with E-state index in [9.17, 15) is 18.0 Å². The van der Waals surface area contributed by atoms with Gasteiger partial charge in [0.25, 0.3) is 5.91 Å². The molecule has 0 spiro atoms. The van der Waals surface area contributed by atoms with E-state index in [1.807, 2.05) is 0 Å². The van der Waals surface area contributed by atoms with Gasteiger partial charge in [-0.3, -0.25) is 14.9 Å². The van der Waals surface area contributed by atoms with Crippen molar-refractivity contribution in [1.29, 1.82) is 0 Å². The van der Waals surface area contributed by atoms with E-state index < -0.39 is 28.0 Å². The first kappa shape index (κ1) is 8.89. The minimum Gasteiger partial charge on any atom is -0.292 e. The molecule has 2 amide bonds. The Kier molecular flexibility index (Phi) is 1.85. The second kappa shape index (κ2) is 2.91. The van der Waals surface area contributed by atoms with Crippen LogP contribution in [0.15, 0.2) is 23.8 Å². The van der Waals surface area contributed by atoms with Gasteiger partial charge in [0, 0.05) is 5.57 Å². The quantitative estimate of drug-likeness (QED) is 0.403. The molecule has 0 bridgehead atoms. The fourth-order valence-electron chi connectivity index (χ4n) is 1.48. The number of imide groups is 1. The number of fused-ring (bicyclic) bond motifs is 1. The minimum atomic E-state index is -2.47. The zero-order valence-electron chi connectivity index (χ0n) is 6.85. The topological polar surface area (TPSA) is 80.3 Å². The Labute approximate surface area is 80.6 Å². The fourth-order valence-corrected chi connectivity index (χ4v) is 2.09. The lowest BCUT2D eigenvalue weighted by molar-refractivity contribution is -0.124. The Morgan fingerprint density at radius 3 is 2.64 bits per heavy atom. The van der Waals surface area contributed by atoms with Gasteiger partial charge in [0.1, 0.15) is 5.92 Å². The van der Waals surface area contributed by atoms with Crippen LogP contribution in [0.1, 0.15) is 0 Å². The SMILES string of the molecule is O=C1NC(=O)[C@@H]2C1=CC=CC2=S(=O)=O. The number of carbonyl (C=O) groups is 2. The number of hydrogen-bond acceptors (Lipinski definition) is 4. The third-order valence-electron chi connectivity index (χ3n) is 2.09. The van der Waals surface area contributed by atoms with Gasteiger partial charge in [0.2, 0.25) is 16.2 Å². The fraction of sp³-hybridized carbons (Fsp3) is 0.125. The number of carbonyl (C=O) groups excluding carboxylic acids is 2. The number of nitrogens with one attached hydrogen (secondary N) is 1. The highest BCUT2D eigenvalue weighted by Crippen LogP contribution is 2.23. The van der Waals surface area contributed by atoms with Gasteiger partial charge in [-0.05, 0) is 6.08 Å². The molecule has 5 nitrogen and oxygen atoms in total. The molecule has 2 rings (SSSR count). The summed E-state index contributed by atoms with van der Waals surface area (Å²) in [6, 6.07) is 0. The number of amides is 2. The Morgan fingerprint density at radius 1 is 1.29 bits per heavy atom. The number of rotatable bonds is 0. The molecule has 1 N–H and O–H groups in total. The van der Waals surface area contributed by atoms with E-state index in [-0.39, 0.29) is 10.4 Å². The lowest BCUT2D eigenvalue weighted by Gasteiger charge is -2.07. The largest absolute Gasteiger partial charge is 0.292 e. The maximum absolute atomic E-state index is 11.2. The normalized spacial score (nSPS) is 24.4. The highest BCUT2D eigenvalue weighted by molar-refractivity contribution is 7.73. The van der Waals surface area contributed by atoms with Crippen LogP contribution in [0.4, 0.5) is 0 Å². The molecule has 14 heavy (non-hydrogen) atoms. The number of allylic oxidation sites excluding steroid dienone is 3. The summed E-state index contributed by atoms with van der Waals surface area (Å²) in [5.41, 5.74) is 0.191. The van der Waals surface area contributed by atoms with E-state index in [1.54, 1.807) is 0 Å². The predicted octanol–water partition coefficient (Wildman–Crippen LogP) is -1.19. The van der Waals surface area contributed by atoms with E-state index in [4.69, 9.17) is 0 Å². The van der Waals surface area contributed by atoms with E-state index in [2.05, 4.69) is 5.32 Å². The van der Waals surface area contributed by atoms with Crippen molar-refractivity contribution in [3.05, 3.63) is 23.8 Å². The van der Waals surface area contributed by atoms with Gasteiger partial charge in [-0.15, -0.1) is 0 Å². The van der Waals surface area contributed by atoms with Crippen molar-refractivity contribution in [3.8, 4) is 0 Å². The maximum Gasteiger partial charge on any atom is 0.254 e. The van der Waals surface area contributed by atoms with E-state index in [0.29, 0.717) is 0 Å². The third kappa shape index (κ3) is 1.12. The molecule has 1 saturated heterocycles. The smallest absolute Gasteiger partial charge is 0.254 e. The van der Waals surface area contributed by atoms with Gasteiger partial charge in [0.15, 0.2) is 0 Å². The molecular formula is C8H5NO4S. The summed E-state index contributed by atoms with van der Waals surface area (Å²) in [5.74, 6) is -2.05. The molecular weight excluding hydrogens is 206 g/mol. The lowest BCUT2D eigenvalue weighted by atomic mass is 9.94. The zero-order valence-corrected chi connectivity index (χ0v) is 7.67. The van der Waals surface area contributed by atoms with Crippen LogP contribution in [-0.4, -0.2) is 25.1 Å². The second-order valence-electron chi connectivity index (χ2n) is 2.87. The second-order valence-corrected chi connectivity index (χ2v) is 3.81. The molecule has 0 saturated carbocycles. The first-order chi connectivity index (χ1) is 6.61. The van der Waals surface area contributed by atoms with Gasteiger partial charge in [-0.2, -0.15) is 8.42 Å². The monoisotopic (exact) mass is 211 g/mol. The van der Waals surface area contributed by atoms with Gasteiger partial charge in [0.05, 0.1) is 4.86 Å². The Hall–Kier alpha value is -1.69. The summed E-state index contributed by atoms with van der Waals surface area (Å²) >= 11 is 0. The highest BCUT2D eigenvalue weighted by atomic mass is 32.2. The summed E-state index contributed by atoms with van der Waals surface area (Å²) in [7, 11) is -2.47. The molecule has 1 atom stereocenters. The molecule has 1 fully saturated rings. The van der Waals surface area contributed by atoms with Crippen LogP contribution in [0.25, 0.3) is 0 Å².